The standard InChI is InChI=1S/C16H25N3S.HI/c1-12-6-7-14(13(2)9-12)10-18-16(17-3)19-11-15-5-4-8-20-15;/h6-7,9,15H,4-5,8,10-11H2,1-3H3,(H2,17,18,19);1H. The first-order valence-electron chi connectivity index (χ1n) is 7.31. The summed E-state index contributed by atoms with van der Waals surface area (Å²) < 4.78 is 0. The molecule has 1 aromatic carbocycles. The topological polar surface area (TPSA) is 36.4 Å². The molecule has 1 atom stereocenters. The highest BCUT2D eigenvalue weighted by molar-refractivity contribution is 14.0. The molecule has 1 saturated heterocycles. The van der Waals surface area contributed by atoms with E-state index in [0.717, 1.165) is 24.3 Å². The Labute approximate surface area is 149 Å². The Kier molecular flexibility index (Phi) is 8.48. The van der Waals surface area contributed by atoms with Gasteiger partial charge in [-0.1, -0.05) is 23.8 Å². The van der Waals surface area contributed by atoms with Crippen molar-refractivity contribution in [1.82, 2.24) is 10.6 Å². The summed E-state index contributed by atoms with van der Waals surface area (Å²) in [5.74, 6) is 2.21. The third kappa shape index (κ3) is 6.06. The van der Waals surface area contributed by atoms with Gasteiger partial charge >= 0.3 is 0 Å². The Balaban J connectivity index is 0.00000220. The minimum absolute atomic E-state index is 0. The van der Waals surface area contributed by atoms with Crippen LogP contribution in [0.4, 0.5) is 0 Å². The molecule has 2 N–H and O–H groups in total. The number of rotatable bonds is 4. The molecule has 1 heterocycles. The Morgan fingerprint density at radius 1 is 1.33 bits per heavy atom. The van der Waals surface area contributed by atoms with E-state index in [-0.39, 0.29) is 24.0 Å². The summed E-state index contributed by atoms with van der Waals surface area (Å²) in [6.45, 7) is 6.13. The molecule has 1 aliphatic heterocycles. The molecule has 1 unspecified atom stereocenters. The minimum Gasteiger partial charge on any atom is -0.355 e. The molecular weight excluding hydrogens is 393 g/mol. The quantitative estimate of drug-likeness (QED) is 0.446. The molecule has 118 valence electrons. The van der Waals surface area contributed by atoms with Crippen molar-refractivity contribution >= 4 is 41.7 Å². The first-order chi connectivity index (χ1) is 9.69. The first-order valence-corrected chi connectivity index (χ1v) is 8.36. The second-order valence-corrected chi connectivity index (χ2v) is 6.78. The number of benzene rings is 1. The van der Waals surface area contributed by atoms with E-state index in [9.17, 15) is 0 Å². The molecule has 0 spiro atoms. The van der Waals surface area contributed by atoms with E-state index < -0.39 is 0 Å². The molecule has 0 amide bonds. The lowest BCUT2D eigenvalue weighted by molar-refractivity contribution is 0.725. The van der Waals surface area contributed by atoms with Crippen LogP contribution in [0.15, 0.2) is 23.2 Å². The number of nitrogens with zero attached hydrogens (tertiary/aromatic N) is 1. The van der Waals surface area contributed by atoms with E-state index in [1.807, 2.05) is 7.05 Å². The van der Waals surface area contributed by atoms with Crippen molar-refractivity contribution < 1.29 is 0 Å². The predicted octanol–water partition coefficient (Wildman–Crippen LogP) is 3.48. The molecule has 3 nitrogen and oxygen atoms in total. The summed E-state index contributed by atoms with van der Waals surface area (Å²) in [6.07, 6.45) is 2.68. The van der Waals surface area contributed by atoms with Crippen molar-refractivity contribution in [2.45, 2.75) is 38.5 Å². The Bertz CT molecular complexity index is 471. The van der Waals surface area contributed by atoms with Crippen LogP contribution >= 0.6 is 35.7 Å². The van der Waals surface area contributed by atoms with Crippen LogP contribution in [0, 0.1) is 13.8 Å². The fourth-order valence-corrected chi connectivity index (χ4v) is 3.66. The Morgan fingerprint density at radius 2 is 2.14 bits per heavy atom. The average molecular weight is 419 g/mol. The predicted molar refractivity (Wildman–Crippen MR) is 105 cm³/mol. The van der Waals surface area contributed by atoms with Gasteiger partial charge in [0.25, 0.3) is 0 Å². The van der Waals surface area contributed by atoms with Crippen molar-refractivity contribution in [1.29, 1.82) is 0 Å². The van der Waals surface area contributed by atoms with Gasteiger partial charge in [-0.3, -0.25) is 4.99 Å². The number of hydrogen-bond donors (Lipinski definition) is 2. The van der Waals surface area contributed by atoms with Gasteiger partial charge in [0.15, 0.2) is 5.96 Å². The van der Waals surface area contributed by atoms with Crippen LogP contribution in [0.2, 0.25) is 0 Å². The van der Waals surface area contributed by atoms with E-state index in [4.69, 9.17) is 0 Å². The molecule has 0 aliphatic carbocycles. The number of thioether (sulfide) groups is 1. The second kappa shape index (κ2) is 9.56. The molecule has 0 radical (unpaired) electrons. The molecule has 1 fully saturated rings. The monoisotopic (exact) mass is 419 g/mol. The molecule has 21 heavy (non-hydrogen) atoms. The van der Waals surface area contributed by atoms with Gasteiger partial charge in [-0.25, -0.2) is 0 Å². The van der Waals surface area contributed by atoms with Gasteiger partial charge in [0.1, 0.15) is 0 Å². The lowest BCUT2D eigenvalue weighted by atomic mass is 10.1. The third-order valence-electron chi connectivity index (χ3n) is 3.69. The van der Waals surface area contributed by atoms with Crippen LogP contribution in [-0.4, -0.2) is 30.6 Å². The second-order valence-electron chi connectivity index (χ2n) is 5.37. The number of halogens is 1. The molecule has 0 aromatic heterocycles. The van der Waals surface area contributed by atoms with Crippen LogP contribution < -0.4 is 10.6 Å². The summed E-state index contributed by atoms with van der Waals surface area (Å²) in [4.78, 5) is 4.30. The largest absolute Gasteiger partial charge is 0.355 e. The average Bonchev–Trinajstić information content (AvgIpc) is 2.94. The van der Waals surface area contributed by atoms with Crippen LogP contribution in [0.3, 0.4) is 0 Å². The highest BCUT2D eigenvalue weighted by Crippen LogP contribution is 2.25. The molecule has 0 saturated carbocycles. The lowest BCUT2D eigenvalue weighted by Gasteiger charge is -2.15. The maximum absolute atomic E-state index is 4.30. The molecule has 2 rings (SSSR count). The first kappa shape index (κ1) is 18.6. The SMILES string of the molecule is CN=C(NCc1ccc(C)cc1C)NCC1CCCS1.I. The van der Waals surface area contributed by atoms with Gasteiger partial charge in [0, 0.05) is 25.4 Å². The van der Waals surface area contributed by atoms with Crippen molar-refractivity contribution in [2.24, 2.45) is 4.99 Å². The number of guanidine groups is 1. The van der Waals surface area contributed by atoms with Gasteiger partial charge in [0.05, 0.1) is 0 Å². The zero-order valence-corrected chi connectivity index (χ0v) is 16.3. The van der Waals surface area contributed by atoms with Gasteiger partial charge < -0.3 is 10.6 Å². The van der Waals surface area contributed by atoms with Gasteiger partial charge in [-0.05, 0) is 43.6 Å². The number of aryl methyl sites for hydroxylation is 2. The van der Waals surface area contributed by atoms with Crippen molar-refractivity contribution in [3.8, 4) is 0 Å². The van der Waals surface area contributed by atoms with Crippen molar-refractivity contribution in [2.75, 3.05) is 19.3 Å². The summed E-state index contributed by atoms with van der Waals surface area (Å²) >= 11 is 2.07. The zero-order valence-electron chi connectivity index (χ0n) is 13.1. The van der Waals surface area contributed by atoms with Gasteiger partial charge in [-0.15, -0.1) is 24.0 Å². The van der Waals surface area contributed by atoms with Crippen LogP contribution in [0.25, 0.3) is 0 Å². The van der Waals surface area contributed by atoms with E-state index in [1.165, 1.54) is 35.3 Å². The summed E-state index contributed by atoms with van der Waals surface area (Å²) in [5, 5.41) is 7.58. The molecule has 0 bridgehead atoms. The Morgan fingerprint density at radius 3 is 2.76 bits per heavy atom. The smallest absolute Gasteiger partial charge is 0.191 e. The normalized spacial score (nSPS) is 18.2. The number of nitrogens with one attached hydrogen (secondary N) is 2. The zero-order chi connectivity index (χ0) is 14.4. The summed E-state index contributed by atoms with van der Waals surface area (Å²) in [6, 6.07) is 6.58. The lowest BCUT2D eigenvalue weighted by Crippen LogP contribution is -2.39. The van der Waals surface area contributed by atoms with Crippen LogP contribution in [-0.2, 0) is 6.54 Å². The molecule has 1 aromatic rings. The fourth-order valence-electron chi connectivity index (χ4n) is 2.46. The van der Waals surface area contributed by atoms with Crippen molar-refractivity contribution in [3.05, 3.63) is 34.9 Å². The van der Waals surface area contributed by atoms with E-state index in [2.05, 4.69) is 59.4 Å². The minimum atomic E-state index is 0. The maximum Gasteiger partial charge on any atom is 0.191 e. The molecule has 1 aliphatic rings. The molecule has 5 heteroatoms. The third-order valence-corrected chi connectivity index (χ3v) is 5.09. The Hall–Kier alpha value is -0.430. The van der Waals surface area contributed by atoms with E-state index in [1.54, 1.807) is 0 Å². The van der Waals surface area contributed by atoms with Gasteiger partial charge in [-0.2, -0.15) is 11.8 Å². The summed E-state index contributed by atoms with van der Waals surface area (Å²) in [7, 11) is 1.83. The van der Waals surface area contributed by atoms with E-state index in [0.29, 0.717) is 0 Å². The van der Waals surface area contributed by atoms with E-state index >= 15 is 0 Å². The summed E-state index contributed by atoms with van der Waals surface area (Å²) in [5.41, 5.74) is 3.97. The number of hydrogen-bond acceptors (Lipinski definition) is 2. The molecular formula is C16H26IN3S. The highest BCUT2D eigenvalue weighted by atomic mass is 127. The van der Waals surface area contributed by atoms with Crippen LogP contribution in [0.1, 0.15) is 29.5 Å². The van der Waals surface area contributed by atoms with Crippen molar-refractivity contribution in [3.63, 3.8) is 0 Å². The maximum atomic E-state index is 4.30. The van der Waals surface area contributed by atoms with Crippen LogP contribution in [0.5, 0.6) is 0 Å². The van der Waals surface area contributed by atoms with Gasteiger partial charge in [0.2, 0.25) is 0 Å². The highest BCUT2D eigenvalue weighted by Gasteiger charge is 2.15. The fraction of sp³-hybridized carbons (Fsp3) is 0.562. The number of aliphatic imine (C=N–C) groups is 1.